The molecule has 7 nitrogen and oxygen atoms in total. The van der Waals surface area contributed by atoms with Gasteiger partial charge in [-0.15, -0.1) is 0 Å². The van der Waals surface area contributed by atoms with Crippen LogP contribution in [-0.2, 0) is 10.0 Å². The van der Waals surface area contributed by atoms with Gasteiger partial charge in [-0.3, -0.25) is 4.79 Å². The molecular formula is C19H21N3O4S2. The lowest BCUT2D eigenvalue weighted by molar-refractivity contribution is 0.222. The highest BCUT2D eigenvalue weighted by atomic mass is 32.2. The minimum atomic E-state index is -3.64. The number of likely N-dealkylation sites (N-methyl/N-ethyl adjacent to an activating group) is 1. The van der Waals surface area contributed by atoms with Gasteiger partial charge in [0.05, 0.1) is 22.1 Å². The summed E-state index contributed by atoms with van der Waals surface area (Å²) >= 11 is 1.27. The van der Waals surface area contributed by atoms with Gasteiger partial charge in [-0.05, 0) is 37.4 Å². The van der Waals surface area contributed by atoms with Crippen LogP contribution in [0.3, 0.4) is 0 Å². The van der Waals surface area contributed by atoms with Gasteiger partial charge in [-0.1, -0.05) is 23.7 Å². The SMILES string of the molecule is COc1ccc(S(=O)(=O)N2CCN(C)CC2)cc1-n1sc2ccccc2c1=O. The Morgan fingerprint density at radius 3 is 2.43 bits per heavy atom. The summed E-state index contributed by atoms with van der Waals surface area (Å²) in [6.45, 7) is 2.28. The van der Waals surface area contributed by atoms with Gasteiger partial charge < -0.3 is 9.64 Å². The van der Waals surface area contributed by atoms with E-state index in [1.165, 1.54) is 39.0 Å². The van der Waals surface area contributed by atoms with Crippen LogP contribution in [0.1, 0.15) is 0 Å². The van der Waals surface area contributed by atoms with E-state index in [9.17, 15) is 13.2 Å². The summed E-state index contributed by atoms with van der Waals surface area (Å²) in [5, 5.41) is 0.599. The molecule has 0 spiro atoms. The molecule has 4 rings (SSSR count). The quantitative estimate of drug-likeness (QED) is 0.647. The van der Waals surface area contributed by atoms with Crippen LogP contribution in [0.2, 0.25) is 0 Å². The Bertz CT molecular complexity index is 1180. The number of benzene rings is 2. The molecule has 0 amide bonds. The maximum Gasteiger partial charge on any atom is 0.273 e. The van der Waals surface area contributed by atoms with Gasteiger partial charge in [0, 0.05) is 26.2 Å². The van der Waals surface area contributed by atoms with Crippen molar-refractivity contribution in [3.63, 3.8) is 0 Å². The van der Waals surface area contributed by atoms with Gasteiger partial charge >= 0.3 is 0 Å². The Labute approximate surface area is 167 Å². The molecule has 2 aromatic carbocycles. The molecule has 0 atom stereocenters. The Morgan fingerprint density at radius 2 is 1.75 bits per heavy atom. The topological polar surface area (TPSA) is 71.9 Å². The predicted octanol–water partition coefficient (Wildman–Crippen LogP) is 2.00. The number of aromatic nitrogens is 1. The van der Waals surface area contributed by atoms with E-state index in [0.717, 1.165) is 4.70 Å². The molecule has 2 heterocycles. The highest BCUT2D eigenvalue weighted by molar-refractivity contribution is 7.89. The van der Waals surface area contributed by atoms with Crippen LogP contribution in [0.5, 0.6) is 5.75 Å². The smallest absolute Gasteiger partial charge is 0.273 e. The van der Waals surface area contributed by atoms with E-state index in [0.29, 0.717) is 43.0 Å². The van der Waals surface area contributed by atoms with Crippen molar-refractivity contribution in [3.05, 3.63) is 52.8 Å². The Kier molecular flexibility index (Phi) is 5.00. The molecule has 0 N–H and O–H groups in total. The Balaban J connectivity index is 1.82. The second kappa shape index (κ2) is 7.32. The third-order valence-corrected chi connectivity index (χ3v) is 7.95. The summed E-state index contributed by atoms with van der Waals surface area (Å²) in [7, 11) is -0.162. The van der Waals surface area contributed by atoms with Gasteiger partial charge in [0.25, 0.3) is 5.56 Å². The average Bonchev–Trinajstić information content (AvgIpc) is 3.04. The maximum atomic E-state index is 13.1. The molecule has 0 unspecified atom stereocenters. The van der Waals surface area contributed by atoms with Gasteiger partial charge in [0.2, 0.25) is 10.0 Å². The molecule has 1 aliphatic rings. The number of sulfonamides is 1. The highest BCUT2D eigenvalue weighted by Gasteiger charge is 2.28. The van der Waals surface area contributed by atoms with Crippen molar-refractivity contribution in [2.75, 3.05) is 40.3 Å². The molecule has 1 fully saturated rings. The van der Waals surface area contributed by atoms with Gasteiger partial charge in [-0.2, -0.15) is 4.31 Å². The van der Waals surface area contributed by atoms with Crippen LogP contribution in [0, 0.1) is 0 Å². The van der Waals surface area contributed by atoms with Crippen molar-refractivity contribution in [1.82, 2.24) is 13.2 Å². The number of hydrogen-bond acceptors (Lipinski definition) is 6. The predicted molar refractivity (Wildman–Crippen MR) is 110 cm³/mol. The van der Waals surface area contributed by atoms with Crippen LogP contribution < -0.4 is 10.3 Å². The summed E-state index contributed by atoms with van der Waals surface area (Å²) in [4.78, 5) is 15.1. The molecule has 0 radical (unpaired) electrons. The van der Waals surface area contributed by atoms with Crippen LogP contribution in [0.15, 0.2) is 52.2 Å². The summed E-state index contributed by atoms with van der Waals surface area (Å²) in [5.74, 6) is 0.450. The molecule has 1 aliphatic heterocycles. The van der Waals surface area contributed by atoms with Crippen molar-refractivity contribution in [2.24, 2.45) is 0 Å². The number of fused-ring (bicyclic) bond motifs is 1. The number of rotatable bonds is 4. The highest BCUT2D eigenvalue weighted by Crippen LogP contribution is 2.30. The molecule has 0 bridgehead atoms. The lowest BCUT2D eigenvalue weighted by atomic mass is 10.2. The third-order valence-electron chi connectivity index (χ3n) is 4.96. The first kappa shape index (κ1) is 19.1. The first-order chi connectivity index (χ1) is 13.4. The minimum Gasteiger partial charge on any atom is -0.495 e. The van der Waals surface area contributed by atoms with E-state index >= 15 is 0 Å². The largest absolute Gasteiger partial charge is 0.495 e. The zero-order chi connectivity index (χ0) is 19.9. The fourth-order valence-corrected chi connectivity index (χ4v) is 5.75. The molecular weight excluding hydrogens is 398 g/mol. The van der Waals surface area contributed by atoms with Gasteiger partial charge in [0.15, 0.2) is 0 Å². The summed E-state index contributed by atoms with van der Waals surface area (Å²) in [6, 6.07) is 12.0. The molecule has 3 aromatic rings. The van der Waals surface area contributed by atoms with E-state index in [-0.39, 0.29) is 10.5 Å². The lowest BCUT2D eigenvalue weighted by Gasteiger charge is -2.31. The number of hydrogen-bond donors (Lipinski definition) is 0. The lowest BCUT2D eigenvalue weighted by Crippen LogP contribution is -2.47. The zero-order valence-corrected chi connectivity index (χ0v) is 17.3. The van der Waals surface area contributed by atoms with Crippen molar-refractivity contribution >= 4 is 31.6 Å². The number of nitrogens with zero attached hydrogens (tertiary/aromatic N) is 3. The van der Waals surface area contributed by atoms with Crippen molar-refractivity contribution < 1.29 is 13.2 Å². The van der Waals surface area contributed by atoms with Crippen molar-refractivity contribution in [2.45, 2.75) is 4.90 Å². The van der Waals surface area contributed by atoms with Crippen LogP contribution in [0.25, 0.3) is 15.8 Å². The minimum absolute atomic E-state index is 0.164. The van der Waals surface area contributed by atoms with E-state index in [2.05, 4.69) is 4.90 Å². The normalized spacial score (nSPS) is 16.5. The summed E-state index contributed by atoms with van der Waals surface area (Å²) in [6.07, 6.45) is 0. The maximum absolute atomic E-state index is 13.1. The van der Waals surface area contributed by atoms with Crippen molar-refractivity contribution in [3.8, 4) is 11.4 Å². The number of methoxy groups -OCH3 is 1. The van der Waals surface area contributed by atoms with Gasteiger partial charge in [-0.25, -0.2) is 12.4 Å². The Morgan fingerprint density at radius 1 is 1.04 bits per heavy atom. The molecule has 28 heavy (non-hydrogen) atoms. The van der Waals surface area contributed by atoms with E-state index in [4.69, 9.17) is 4.74 Å². The summed E-state index contributed by atoms with van der Waals surface area (Å²) in [5.41, 5.74) is 0.247. The molecule has 1 aromatic heterocycles. The fourth-order valence-electron chi connectivity index (χ4n) is 3.30. The number of piperazine rings is 1. The van der Waals surface area contributed by atoms with E-state index in [1.54, 1.807) is 12.1 Å². The van der Waals surface area contributed by atoms with Crippen molar-refractivity contribution in [1.29, 1.82) is 0 Å². The average molecular weight is 420 g/mol. The first-order valence-corrected chi connectivity index (χ1v) is 11.1. The number of ether oxygens (including phenoxy) is 1. The third kappa shape index (κ3) is 3.24. The Hall–Kier alpha value is -2.20. The second-order valence-corrected chi connectivity index (χ2v) is 9.65. The summed E-state index contributed by atoms with van der Waals surface area (Å²) < 4.78 is 35.5. The van der Waals surface area contributed by atoms with Crippen LogP contribution in [-0.4, -0.2) is 61.9 Å². The monoisotopic (exact) mass is 419 g/mol. The molecule has 0 aliphatic carbocycles. The van der Waals surface area contributed by atoms with E-state index in [1.807, 2.05) is 25.2 Å². The molecule has 148 valence electrons. The standard InChI is InChI=1S/C19H21N3O4S2/c1-20-9-11-21(12-10-20)28(24,25)14-7-8-17(26-2)16(13-14)22-19(23)15-5-3-4-6-18(15)27-22/h3-8,13H,9-12H2,1-2H3. The zero-order valence-electron chi connectivity index (χ0n) is 15.7. The first-order valence-electron chi connectivity index (χ1n) is 8.90. The van der Waals surface area contributed by atoms with E-state index < -0.39 is 10.0 Å². The van der Waals surface area contributed by atoms with Gasteiger partial charge in [0.1, 0.15) is 11.4 Å². The second-order valence-electron chi connectivity index (χ2n) is 6.73. The molecule has 1 saturated heterocycles. The van der Waals surface area contributed by atoms with Crippen LogP contribution >= 0.6 is 11.5 Å². The molecule has 0 saturated carbocycles. The fraction of sp³-hybridized carbons (Fsp3) is 0.316. The molecule has 9 heteroatoms. The van der Waals surface area contributed by atoms with Crippen LogP contribution in [0.4, 0.5) is 0 Å².